The van der Waals surface area contributed by atoms with Crippen LogP contribution in [-0.2, 0) is 9.59 Å². The van der Waals surface area contributed by atoms with Gasteiger partial charge < -0.3 is 10.2 Å². The van der Waals surface area contributed by atoms with Gasteiger partial charge in [0, 0.05) is 0 Å². The van der Waals surface area contributed by atoms with E-state index in [0.29, 0.717) is 25.7 Å². The zero-order chi connectivity index (χ0) is 19.8. The molecule has 0 fully saturated rings. The molecule has 2 unspecified atom stereocenters. The Bertz CT molecular complexity index is 494. The summed E-state index contributed by atoms with van der Waals surface area (Å²) in [6, 6.07) is 0. The number of carboxylic acids is 2. The molecule has 0 aromatic heterocycles. The van der Waals surface area contributed by atoms with Gasteiger partial charge in [-0.3, -0.25) is 9.59 Å². The summed E-state index contributed by atoms with van der Waals surface area (Å²) in [7, 11) is 0. The molecule has 4 nitrogen and oxygen atoms in total. The topological polar surface area (TPSA) is 74.6 Å². The Morgan fingerprint density at radius 1 is 0.808 bits per heavy atom. The molecule has 0 saturated carbocycles. The molecule has 1 aliphatic carbocycles. The minimum atomic E-state index is -1.20. The van der Waals surface area contributed by atoms with Crippen molar-refractivity contribution in [2.45, 2.75) is 91.9 Å². The number of carboxylic acid groups (broad SMARTS) is 2. The lowest BCUT2D eigenvalue weighted by Gasteiger charge is -2.47. The lowest BCUT2D eigenvalue weighted by atomic mass is 9.53. The van der Waals surface area contributed by atoms with Crippen molar-refractivity contribution in [3.05, 3.63) is 12.2 Å². The van der Waals surface area contributed by atoms with Crippen LogP contribution in [0.15, 0.2) is 12.2 Å². The minimum absolute atomic E-state index is 0.146. The second-order valence-corrected chi connectivity index (χ2v) is 8.95. The van der Waals surface area contributed by atoms with Crippen LogP contribution in [0.3, 0.4) is 0 Å². The fourth-order valence-corrected chi connectivity index (χ4v) is 4.56. The first-order valence-corrected chi connectivity index (χ1v) is 10.3. The van der Waals surface area contributed by atoms with E-state index in [9.17, 15) is 19.8 Å². The number of allylic oxidation sites excluding steroid dienone is 2. The molecule has 0 radical (unpaired) electrons. The second-order valence-electron chi connectivity index (χ2n) is 8.95. The van der Waals surface area contributed by atoms with Crippen molar-refractivity contribution in [3.8, 4) is 0 Å². The van der Waals surface area contributed by atoms with Crippen molar-refractivity contribution < 1.29 is 19.8 Å². The normalized spacial score (nSPS) is 25.8. The zero-order valence-corrected chi connectivity index (χ0v) is 17.1. The highest BCUT2D eigenvalue weighted by Crippen LogP contribution is 2.55. The van der Waals surface area contributed by atoms with Gasteiger partial charge in [0.15, 0.2) is 0 Å². The van der Waals surface area contributed by atoms with Crippen molar-refractivity contribution >= 4 is 11.9 Å². The molecule has 2 atom stereocenters. The molecule has 0 spiro atoms. The van der Waals surface area contributed by atoms with Gasteiger partial charge in [-0.05, 0) is 37.5 Å². The second kappa shape index (κ2) is 10.1. The average Bonchev–Trinajstić information content (AvgIpc) is 2.54. The van der Waals surface area contributed by atoms with Crippen molar-refractivity contribution in [2.24, 2.45) is 22.7 Å². The van der Waals surface area contributed by atoms with Gasteiger partial charge in [0.05, 0.1) is 10.8 Å². The van der Waals surface area contributed by atoms with Gasteiger partial charge in [-0.2, -0.15) is 0 Å². The zero-order valence-electron chi connectivity index (χ0n) is 17.1. The van der Waals surface area contributed by atoms with Gasteiger partial charge in [0.25, 0.3) is 0 Å². The van der Waals surface area contributed by atoms with Crippen LogP contribution in [-0.4, -0.2) is 22.2 Å². The monoisotopic (exact) mass is 366 g/mol. The van der Waals surface area contributed by atoms with Gasteiger partial charge in [0.1, 0.15) is 0 Å². The van der Waals surface area contributed by atoms with E-state index < -0.39 is 22.8 Å². The maximum absolute atomic E-state index is 12.3. The molecule has 0 bridgehead atoms. The van der Waals surface area contributed by atoms with Crippen LogP contribution in [0.2, 0.25) is 0 Å². The summed E-state index contributed by atoms with van der Waals surface area (Å²) in [6.45, 7) is 8.41. The molecular formula is C22H38O4. The molecular weight excluding hydrogens is 328 g/mol. The van der Waals surface area contributed by atoms with Crippen molar-refractivity contribution in [1.29, 1.82) is 0 Å². The maximum atomic E-state index is 12.3. The van der Waals surface area contributed by atoms with Crippen LogP contribution in [0.25, 0.3) is 0 Å². The molecule has 0 amide bonds. The molecule has 0 saturated heterocycles. The van der Waals surface area contributed by atoms with Gasteiger partial charge >= 0.3 is 11.9 Å². The Morgan fingerprint density at radius 2 is 1.31 bits per heavy atom. The van der Waals surface area contributed by atoms with E-state index in [-0.39, 0.29) is 5.92 Å². The first-order valence-electron chi connectivity index (χ1n) is 10.3. The van der Waals surface area contributed by atoms with E-state index in [0.717, 1.165) is 25.2 Å². The Balaban J connectivity index is 2.82. The van der Waals surface area contributed by atoms with Crippen LogP contribution < -0.4 is 0 Å². The molecule has 4 heteroatoms. The molecule has 26 heavy (non-hydrogen) atoms. The van der Waals surface area contributed by atoms with E-state index in [1.807, 2.05) is 26.0 Å². The van der Waals surface area contributed by atoms with E-state index in [1.165, 1.54) is 19.3 Å². The standard InChI is InChI=1S/C22H38O4/c1-17(2)12-8-6-5-7-9-13-21(19(23)24)14-10-11-15-22(21,20(25)26)16-18(3)4/h10-11,17-18H,5-9,12-16H2,1-4H3,(H,23,24)(H,25,26). The summed E-state index contributed by atoms with van der Waals surface area (Å²) < 4.78 is 0. The quantitative estimate of drug-likeness (QED) is 0.332. The largest absolute Gasteiger partial charge is 0.481 e. The Labute approximate surface area is 159 Å². The fraction of sp³-hybridized carbons (Fsp3) is 0.818. The van der Waals surface area contributed by atoms with Crippen LogP contribution in [0.5, 0.6) is 0 Å². The lowest BCUT2D eigenvalue weighted by molar-refractivity contribution is -0.178. The van der Waals surface area contributed by atoms with E-state index in [4.69, 9.17) is 0 Å². The van der Waals surface area contributed by atoms with Crippen molar-refractivity contribution in [3.63, 3.8) is 0 Å². The van der Waals surface area contributed by atoms with Crippen molar-refractivity contribution in [1.82, 2.24) is 0 Å². The average molecular weight is 367 g/mol. The third kappa shape index (κ3) is 5.34. The summed E-state index contributed by atoms with van der Waals surface area (Å²) in [5.41, 5.74) is -2.38. The Kier molecular flexibility index (Phi) is 8.85. The van der Waals surface area contributed by atoms with E-state index in [2.05, 4.69) is 13.8 Å². The summed E-state index contributed by atoms with van der Waals surface area (Å²) >= 11 is 0. The smallest absolute Gasteiger partial charge is 0.311 e. The lowest BCUT2D eigenvalue weighted by Crippen LogP contribution is -2.54. The molecule has 0 aliphatic heterocycles. The van der Waals surface area contributed by atoms with E-state index in [1.54, 1.807) is 0 Å². The number of unbranched alkanes of at least 4 members (excludes halogenated alkanes) is 4. The van der Waals surface area contributed by atoms with Crippen LogP contribution >= 0.6 is 0 Å². The van der Waals surface area contributed by atoms with Gasteiger partial charge in [0.2, 0.25) is 0 Å². The Hall–Kier alpha value is -1.32. The fourth-order valence-electron chi connectivity index (χ4n) is 4.56. The molecule has 0 heterocycles. The summed E-state index contributed by atoms with van der Waals surface area (Å²) in [6.07, 6.45) is 11.7. The van der Waals surface area contributed by atoms with Gasteiger partial charge in [-0.1, -0.05) is 78.4 Å². The Morgan fingerprint density at radius 3 is 1.81 bits per heavy atom. The highest BCUT2D eigenvalue weighted by Gasteiger charge is 2.60. The third-order valence-corrected chi connectivity index (χ3v) is 5.98. The van der Waals surface area contributed by atoms with Crippen LogP contribution in [0, 0.1) is 22.7 Å². The third-order valence-electron chi connectivity index (χ3n) is 5.98. The molecule has 2 N–H and O–H groups in total. The molecule has 1 aliphatic rings. The first-order chi connectivity index (χ1) is 12.2. The SMILES string of the molecule is CC(C)CCCCCCCC1(C(=O)O)CC=CCC1(CC(C)C)C(=O)O. The maximum Gasteiger partial charge on any atom is 0.311 e. The predicted molar refractivity (Wildman–Crippen MR) is 105 cm³/mol. The summed E-state index contributed by atoms with van der Waals surface area (Å²) in [5.74, 6) is -1.02. The van der Waals surface area contributed by atoms with Crippen LogP contribution in [0.4, 0.5) is 0 Å². The highest BCUT2D eigenvalue weighted by molar-refractivity contribution is 5.87. The number of hydrogen-bond donors (Lipinski definition) is 2. The number of carbonyl (C=O) groups is 2. The van der Waals surface area contributed by atoms with Crippen LogP contribution in [0.1, 0.15) is 91.9 Å². The summed E-state index contributed by atoms with van der Waals surface area (Å²) in [4.78, 5) is 24.6. The number of rotatable bonds is 12. The summed E-state index contributed by atoms with van der Waals surface area (Å²) in [5, 5.41) is 20.1. The predicted octanol–water partition coefficient (Wildman–Crippen LogP) is 5.91. The first kappa shape index (κ1) is 22.7. The number of aliphatic carboxylic acids is 2. The van der Waals surface area contributed by atoms with E-state index >= 15 is 0 Å². The molecule has 0 aromatic carbocycles. The minimum Gasteiger partial charge on any atom is -0.481 e. The molecule has 0 aromatic rings. The van der Waals surface area contributed by atoms with Gasteiger partial charge in [-0.15, -0.1) is 0 Å². The molecule has 1 rings (SSSR count). The number of hydrogen-bond acceptors (Lipinski definition) is 2. The molecule has 150 valence electrons. The van der Waals surface area contributed by atoms with Crippen molar-refractivity contribution in [2.75, 3.05) is 0 Å². The highest BCUT2D eigenvalue weighted by atomic mass is 16.4. The van der Waals surface area contributed by atoms with Gasteiger partial charge in [-0.25, -0.2) is 0 Å².